The van der Waals surface area contributed by atoms with E-state index in [1.165, 1.54) is 62.5 Å². The van der Waals surface area contributed by atoms with Crippen LogP contribution in [0.25, 0.3) is 0 Å². The maximum Gasteiger partial charge on any atom is 0.306 e. The van der Waals surface area contributed by atoms with Crippen molar-refractivity contribution in [3.8, 4) is 0 Å². The quantitative estimate of drug-likeness (QED) is 0.0728. The molecule has 0 radical (unpaired) electrons. The van der Waals surface area contributed by atoms with E-state index in [2.05, 4.69) is 108 Å². The first-order valence-electron chi connectivity index (χ1n) is 17.0. The van der Waals surface area contributed by atoms with E-state index in [1.807, 2.05) is 0 Å². The molecule has 2 heteroatoms. The monoisotopic (exact) mass is 576 g/mol. The third-order valence-electron chi connectivity index (χ3n) is 8.49. The van der Waals surface area contributed by atoms with Gasteiger partial charge in [-0.3, -0.25) is 4.79 Å². The maximum absolute atomic E-state index is 12.0. The molecule has 0 heterocycles. The van der Waals surface area contributed by atoms with E-state index in [-0.39, 0.29) is 5.97 Å². The van der Waals surface area contributed by atoms with E-state index in [0.717, 1.165) is 44.9 Å². The van der Waals surface area contributed by atoms with Crippen molar-refractivity contribution in [2.45, 2.75) is 144 Å². The Labute approximate surface area is 260 Å². The summed E-state index contributed by atoms with van der Waals surface area (Å²) in [6.45, 7) is 14.2. The van der Waals surface area contributed by atoms with Crippen LogP contribution in [0.5, 0.6) is 0 Å². The number of ether oxygens (including phenoxy) is 1. The predicted octanol–water partition coefficient (Wildman–Crippen LogP) is 12.5. The highest BCUT2D eigenvalue weighted by Gasteiger charge is 2.32. The van der Waals surface area contributed by atoms with Crippen LogP contribution in [-0.4, -0.2) is 12.6 Å². The number of unbranched alkanes of at least 4 members (excludes halogenated alkanes) is 4. The Bertz CT molecular complexity index is 935. The Kier molecular flexibility index (Phi) is 21.6. The number of rotatable bonds is 22. The molecular formula is C40H64O2. The predicted molar refractivity (Wildman–Crippen MR) is 186 cm³/mol. The van der Waals surface area contributed by atoms with E-state index in [4.69, 9.17) is 4.74 Å². The molecule has 0 fully saturated rings. The molecule has 0 bridgehead atoms. The summed E-state index contributed by atoms with van der Waals surface area (Å²) >= 11 is 0. The molecule has 1 rings (SSSR count). The Morgan fingerprint density at radius 1 is 0.810 bits per heavy atom. The van der Waals surface area contributed by atoms with Gasteiger partial charge < -0.3 is 4.74 Å². The van der Waals surface area contributed by atoms with Gasteiger partial charge in [-0.05, 0) is 122 Å². The molecule has 1 aliphatic rings. The Morgan fingerprint density at radius 2 is 1.40 bits per heavy atom. The lowest BCUT2D eigenvalue weighted by Gasteiger charge is -2.38. The van der Waals surface area contributed by atoms with Crippen LogP contribution in [0.2, 0.25) is 0 Å². The average molecular weight is 577 g/mol. The summed E-state index contributed by atoms with van der Waals surface area (Å²) in [6.07, 6.45) is 42.1. The Hall–Kier alpha value is -2.35. The summed E-state index contributed by atoms with van der Waals surface area (Å²) < 4.78 is 5.42. The lowest BCUT2D eigenvalue weighted by Crippen LogP contribution is -2.27. The number of carbonyl (C=O) groups excluding carboxylic acids is 1. The summed E-state index contributed by atoms with van der Waals surface area (Å²) in [5, 5.41) is 0. The minimum Gasteiger partial charge on any atom is -0.461 e. The van der Waals surface area contributed by atoms with E-state index < -0.39 is 0 Å². The molecule has 236 valence electrons. The first-order chi connectivity index (χ1) is 20.3. The van der Waals surface area contributed by atoms with Crippen molar-refractivity contribution in [2.24, 2.45) is 11.3 Å². The molecule has 0 N–H and O–H groups in total. The van der Waals surface area contributed by atoms with E-state index in [9.17, 15) is 4.79 Å². The van der Waals surface area contributed by atoms with Crippen LogP contribution in [0.3, 0.4) is 0 Å². The molecule has 0 aromatic carbocycles. The Morgan fingerprint density at radius 3 is 2.02 bits per heavy atom. The molecular weight excluding hydrogens is 512 g/mol. The molecule has 0 saturated carbocycles. The number of allylic oxidation sites excluding steroid dienone is 13. The highest BCUT2D eigenvalue weighted by Crippen LogP contribution is 2.43. The van der Waals surface area contributed by atoms with E-state index in [0.29, 0.717) is 24.4 Å². The zero-order valence-corrected chi connectivity index (χ0v) is 28.3. The van der Waals surface area contributed by atoms with Crippen LogP contribution in [0.1, 0.15) is 144 Å². The Balaban J connectivity index is 2.07. The molecule has 0 aromatic rings. The van der Waals surface area contributed by atoms with Crippen molar-refractivity contribution in [2.75, 3.05) is 6.61 Å². The van der Waals surface area contributed by atoms with Gasteiger partial charge in [-0.2, -0.15) is 0 Å². The van der Waals surface area contributed by atoms with Gasteiger partial charge in [0.05, 0.1) is 0 Å². The minimum absolute atomic E-state index is 0.0966. The standard InChI is InChI=1S/C40H64O2/c1-7-8-9-10-11-12-13-14-15-16-17-18-19-20-21-22-23-29-39(41)42-34-32-36(3)27-24-26-35(2)30-31-38-37(4)28-25-33-40(38,5)6/h11-12,14-15,17-18,20-21,26,28,32,38H,7-10,13,16,19,22-25,27,29-31,33-34H2,1-6H3. The first-order valence-corrected chi connectivity index (χ1v) is 17.0. The van der Waals surface area contributed by atoms with Crippen LogP contribution in [0, 0.1) is 11.3 Å². The number of hydrogen-bond acceptors (Lipinski definition) is 2. The fourth-order valence-electron chi connectivity index (χ4n) is 5.62. The zero-order chi connectivity index (χ0) is 30.9. The molecule has 0 spiro atoms. The molecule has 1 aliphatic carbocycles. The molecule has 0 amide bonds. The second-order valence-corrected chi connectivity index (χ2v) is 12.9. The number of hydrogen-bond donors (Lipinski definition) is 0. The SMILES string of the molecule is CCCCCC=CCC=CCC=CCC=CCCCC(=O)OCC=C(C)CCC=C(C)CCC1C(C)=CCCC1(C)C. The summed E-state index contributed by atoms with van der Waals surface area (Å²) in [5.74, 6) is 0.611. The molecule has 1 unspecified atom stereocenters. The third kappa shape index (κ3) is 19.7. The van der Waals surface area contributed by atoms with Crippen molar-refractivity contribution in [3.05, 3.63) is 83.6 Å². The smallest absolute Gasteiger partial charge is 0.306 e. The van der Waals surface area contributed by atoms with Crippen LogP contribution in [0.15, 0.2) is 83.6 Å². The zero-order valence-electron chi connectivity index (χ0n) is 28.3. The van der Waals surface area contributed by atoms with Crippen LogP contribution < -0.4 is 0 Å². The molecule has 1 atom stereocenters. The normalized spacial score (nSPS) is 18.1. The largest absolute Gasteiger partial charge is 0.461 e. The van der Waals surface area contributed by atoms with E-state index >= 15 is 0 Å². The molecule has 42 heavy (non-hydrogen) atoms. The highest BCUT2D eigenvalue weighted by atomic mass is 16.5. The highest BCUT2D eigenvalue weighted by molar-refractivity contribution is 5.69. The second-order valence-electron chi connectivity index (χ2n) is 12.9. The van der Waals surface area contributed by atoms with Crippen LogP contribution in [-0.2, 0) is 9.53 Å². The second kappa shape index (κ2) is 24.1. The van der Waals surface area contributed by atoms with Gasteiger partial charge >= 0.3 is 5.97 Å². The summed E-state index contributed by atoms with van der Waals surface area (Å²) in [4.78, 5) is 12.0. The lowest BCUT2D eigenvalue weighted by molar-refractivity contribution is -0.142. The summed E-state index contributed by atoms with van der Waals surface area (Å²) in [6, 6.07) is 0. The van der Waals surface area contributed by atoms with Gasteiger partial charge in [0.1, 0.15) is 6.61 Å². The molecule has 0 aliphatic heterocycles. The minimum atomic E-state index is -0.0966. The van der Waals surface area contributed by atoms with Crippen LogP contribution in [0.4, 0.5) is 0 Å². The van der Waals surface area contributed by atoms with Gasteiger partial charge in [0.2, 0.25) is 0 Å². The molecule has 0 saturated heterocycles. The van der Waals surface area contributed by atoms with Crippen molar-refractivity contribution >= 4 is 5.97 Å². The number of carbonyl (C=O) groups is 1. The average Bonchev–Trinajstić information content (AvgIpc) is 2.94. The molecule has 0 aromatic heterocycles. The fraction of sp³-hybridized carbons (Fsp3) is 0.625. The molecule has 2 nitrogen and oxygen atoms in total. The van der Waals surface area contributed by atoms with Crippen molar-refractivity contribution in [1.82, 2.24) is 0 Å². The van der Waals surface area contributed by atoms with Crippen molar-refractivity contribution in [1.29, 1.82) is 0 Å². The topological polar surface area (TPSA) is 26.3 Å². The number of esters is 1. The summed E-state index contributed by atoms with van der Waals surface area (Å²) in [7, 11) is 0. The lowest BCUT2D eigenvalue weighted by atomic mass is 9.67. The maximum atomic E-state index is 12.0. The van der Waals surface area contributed by atoms with Gasteiger partial charge in [0.15, 0.2) is 0 Å². The summed E-state index contributed by atoms with van der Waals surface area (Å²) in [5.41, 5.74) is 4.80. The van der Waals surface area contributed by atoms with Gasteiger partial charge in [-0.25, -0.2) is 0 Å². The fourth-order valence-corrected chi connectivity index (χ4v) is 5.62. The van der Waals surface area contributed by atoms with Gasteiger partial charge in [0.25, 0.3) is 0 Å². The van der Waals surface area contributed by atoms with Crippen molar-refractivity contribution in [3.63, 3.8) is 0 Å². The first kappa shape index (κ1) is 37.7. The van der Waals surface area contributed by atoms with Gasteiger partial charge in [0, 0.05) is 6.42 Å². The van der Waals surface area contributed by atoms with Gasteiger partial charge in [-0.15, -0.1) is 0 Å². The van der Waals surface area contributed by atoms with Crippen molar-refractivity contribution < 1.29 is 9.53 Å². The van der Waals surface area contributed by atoms with Crippen LogP contribution >= 0.6 is 0 Å². The third-order valence-corrected chi connectivity index (χ3v) is 8.49. The van der Waals surface area contributed by atoms with Gasteiger partial charge in [-0.1, -0.05) is 111 Å². The van der Waals surface area contributed by atoms with E-state index in [1.54, 1.807) is 5.57 Å².